The zero-order chi connectivity index (χ0) is 16.4. The lowest BCUT2D eigenvalue weighted by Crippen LogP contribution is -2.31. The highest BCUT2D eigenvalue weighted by molar-refractivity contribution is 6.32. The summed E-state index contributed by atoms with van der Waals surface area (Å²) < 4.78 is 5.41. The second kappa shape index (κ2) is 6.27. The molecule has 1 aliphatic rings. The third kappa shape index (κ3) is 2.87. The maximum Gasteiger partial charge on any atom is 0.336 e. The predicted octanol–water partition coefficient (Wildman–Crippen LogP) is 2.54. The molecule has 1 fully saturated rings. The van der Waals surface area contributed by atoms with Crippen LogP contribution in [0.3, 0.4) is 0 Å². The van der Waals surface area contributed by atoms with Gasteiger partial charge in [0.1, 0.15) is 11.4 Å². The number of halogens is 1. The molecule has 0 unspecified atom stereocenters. The van der Waals surface area contributed by atoms with Crippen molar-refractivity contribution in [3.8, 4) is 5.75 Å². The van der Waals surface area contributed by atoms with Crippen LogP contribution in [0.5, 0.6) is 5.75 Å². The maximum atomic E-state index is 12.5. The normalized spacial score (nSPS) is 16.7. The molecule has 0 spiro atoms. The van der Waals surface area contributed by atoms with Gasteiger partial charge in [-0.05, 0) is 19.1 Å². The Bertz CT molecular complexity index is 643. The molecule has 0 saturated carbocycles. The zero-order valence-corrected chi connectivity index (χ0v) is 13.7. The third-order valence-electron chi connectivity index (χ3n) is 3.12. The highest BCUT2D eigenvalue weighted by atomic mass is 35.5. The molecular formula is C15H18ClN3O3. The van der Waals surface area contributed by atoms with E-state index in [-0.39, 0.29) is 5.91 Å². The number of anilines is 1. The average Bonchev–Trinajstić information content (AvgIpc) is 2.66. The molecule has 0 bridgehead atoms. The first-order chi connectivity index (χ1) is 10.4. The van der Waals surface area contributed by atoms with Crippen LogP contribution in [0.15, 0.2) is 30.1 Å². The Kier molecular flexibility index (Phi) is 4.61. The van der Waals surface area contributed by atoms with Crippen LogP contribution < -0.4 is 9.64 Å². The molecule has 0 radical (unpaired) electrons. The third-order valence-corrected chi connectivity index (χ3v) is 3.43. The minimum atomic E-state index is -0.414. The summed E-state index contributed by atoms with van der Waals surface area (Å²) in [6.07, 6.45) is 1.61. The van der Waals surface area contributed by atoms with E-state index in [2.05, 4.69) is 0 Å². The van der Waals surface area contributed by atoms with E-state index in [4.69, 9.17) is 16.3 Å². The topological polar surface area (TPSA) is 53.1 Å². The van der Waals surface area contributed by atoms with E-state index < -0.39 is 6.03 Å². The van der Waals surface area contributed by atoms with Crippen LogP contribution in [-0.4, -0.2) is 49.5 Å². The van der Waals surface area contributed by atoms with Crippen molar-refractivity contribution >= 4 is 29.2 Å². The fourth-order valence-corrected chi connectivity index (χ4v) is 2.28. The van der Waals surface area contributed by atoms with E-state index in [0.29, 0.717) is 28.8 Å². The SMILES string of the molecule is CCOc1cc(N2C(=O)/C(=C/N(C)C)N(C)C2=O)ccc1Cl. The van der Waals surface area contributed by atoms with Crippen molar-refractivity contribution in [3.05, 3.63) is 35.1 Å². The summed E-state index contributed by atoms with van der Waals surface area (Å²) in [7, 11) is 5.14. The van der Waals surface area contributed by atoms with Crippen molar-refractivity contribution in [1.82, 2.24) is 9.80 Å². The van der Waals surface area contributed by atoms with Crippen molar-refractivity contribution in [2.24, 2.45) is 0 Å². The van der Waals surface area contributed by atoms with Crippen LogP contribution in [0.25, 0.3) is 0 Å². The van der Waals surface area contributed by atoms with E-state index in [9.17, 15) is 9.59 Å². The molecule has 7 heteroatoms. The molecule has 1 aromatic carbocycles. The summed E-state index contributed by atoms with van der Waals surface area (Å²) in [6.45, 7) is 2.28. The first-order valence-electron chi connectivity index (χ1n) is 6.79. The van der Waals surface area contributed by atoms with E-state index in [1.54, 1.807) is 50.4 Å². The minimum Gasteiger partial charge on any atom is -0.492 e. The molecule has 118 valence electrons. The Labute approximate surface area is 134 Å². The molecule has 0 N–H and O–H groups in total. The van der Waals surface area contributed by atoms with Crippen molar-refractivity contribution in [3.63, 3.8) is 0 Å². The molecule has 1 aliphatic heterocycles. The van der Waals surface area contributed by atoms with E-state index in [0.717, 1.165) is 4.90 Å². The lowest BCUT2D eigenvalue weighted by atomic mass is 10.2. The molecular weight excluding hydrogens is 306 g/mol. The number of benzene rings is 1. The molecule has 0 atom stereocenters. The van der Waals surface area contributed by atoms with Crippen LogP contribution in [0, 0.1) is 0 Å². The Morgan fingerprint density at radius 1 is 1.32 bits per heavy atom. The van der Waals surface area contributed by atoms with Gasteiger partial charge < -0.3 is 9.64 Å². The number of ether oxygens (including phenoxy) is 1. The molecule has 2 rings (SSSR count). The Morgan fingerprint density at radius 3 is 2.59 bits per heavy atom. The van der Waals surface area contributed by atoms with Crippen LogP contribution in [-0.2, 0) is 4.79 Å². The largest absolute Gasteiger partial charge is 0.492 e. The molecule has 6 nitrogen and oxygen atoms in total. The van der Waals surface area contributed by atoms with Gasteiger partial charge in [-0.25, -0.2) is 9.69 Å². The molecule has 1 saturated heterocycles. The van der Waals surface area contributed by atoms with Gasteiger partial charge >= 0.3 is 6.03 Å². The highest BCUT2D eigenvalue weighted by Gasteiger charge is 2.40. The monoisotopic (exact) mass is 323 g/mol. The van der Waals surface area contributed by atoms with Gasteiger partial charge in [0, 0.05) is 33.4 Å². The van der Waals surface area contributed by atoms with Gasteiger partial charge in [0.25, 0.3) is 5.91 Å². The molecule has 1 heterocycles. The fourth-order valence-electron chi connectivity index (χ4n) is 2.11. The summed E-state index contributed by atoms with van der Waals surface area (Å²) in [4.78, 5) is 29.0. The minimum absolute atomic E-state index is 0.308. The molecule has 0 aliphatic carbocycles. The van der Waals surface area contributed by atoms with Crippen LogP contribution in [0.4, 0.5) is 10.5 Å². The molecule has 1 aromatic rings. The smallest absolute Gasteiger partial charge is 0.336 e. The molecule has 22 heavy (non-hydrogen) atoms. The maximum absolute atomic E-state index is 12.5. The van der Waals surface area contributed by atoms with Crippen molar-refractivity contribution in [1.29, 1.82) is 0 Å². The van der Waals surface area contributed by atoms with Crippen molar-refractivity contribution in [2.45, 2.75) is 6.92 Å². The predicted molar refractivity (Wildman–Crippen MR) is 85.0 cm³/mol. The van der Waals surface area contributed by atoms with Gasteiger partial charge in [-0.3, -0.25) is 9.69 Å². The number of imide groups is 1. The second-order valence-electron chi connectivity index (χ2n) is 5.01. The number of urea groups is 1. The van der Waals surface area contributed by atoms with Gasteiger partial charge in [-0.2, -0.15) is 0 Å². The van der Waals surface area contributed by atoms with Gasteiger partial charge in [0.05, 0.1) is 17.3 Å². The lowest BCUT2D eigenvalue weighted by Gasteiger charge is -2.15. The number of rotatable bonds is 4. The average molecular weight is 324 g/mol. The Hall–Kier alpha value is -2.21. The number of nitrogens with zero attached hydrogens (tertiary/aromatic N) is 3. The number of carbonyl (C=O) groups excluding carboxylic acids is 2. The molecule has 0 aromatic heterocycles. The van der Waals surface area contributed by atoms with Gasteiger partial charge in [0.15, 0.2) is 0 Å². The fraction of sp³-hybridized carbons (Fsp3) is 0.333. The lowest BCUT2D eigenvalue weighted by molar-refractivity contribution is -0.114. The van der Waals surface area contributed by atoms with Crippen LogP contribution >= 0.6 is 11.6 Å². The number of carbonyl (C=O) groups is 2. The highest BCUT2D eigenvalue weighted by Crippen LogP contribution is 2.33. The van der Waals surface area contributed by atoms with Crippen molar-refractivity contribution < 1.29 is 14.3 Å². The summed E-state index contributed by atoms with van der Waals surface area (Å²) in [5, 5.41) is 0.433. The van der Waals surface area contributed by atoms with Crippen LogP contribution in [0.2, 0.25) is 5.02 Å². The van der Waals surface area contributed by atoms with Gasteiger partial charge in [-0.1, -0.05) is 11.6 Å². The first-order valence-corrected chi connectivity index (χ1v) is 7.17. The molecule has 3 amide bonds. The van der Waals surface area contributed by atoms with E-state index in [1.165, 1.54) is 4.90 Å². The van der Waals surface area contributed by atoms with Crippen molar-refractivity contribution in [2.75, 3.05) is 32.6 Å². The summed E-state index contributed by atoms with van der Waals surface area (Å²) in [6, 6.07) is 4.40. The van der Waals surface area contributed by atoms with E-state index in [1.807, 2.05) is 6.92 Å². The Morgan fingerprint density at radius 2 is 2.00 bits per heavy atom. The number of hydrogen-bond acceptors (Lipinski definition) is 4. The number of likely N-dealkylation sites (N-methyl/N-ethyl adjacent to an activating group) is 1. The summed E-state index contributed by atoms with van der Waals surface area (Å²) >= 11 is 6.04. The Balaban J connectivity index is 2.43. The quantitative estimate of drug-likeness (QED) is 0.631. The van der Waals surface area contributed by atoms with Gasteiger partial charge in [0.2, 0.25) is 0 Å². The van der Waals surface area contributed by atoms with Gasteiger partial charge in [-0.15, -0.1) is 0 Å². The summed E-state index contributed by atoms with van der Waals surface area (Å²) in [5.74, 6) is 0.0564. The standard InChI is InChI=1S/C15H18ClN3O3/c1-5-22-13-8-10(6-7-11(13)16)19-14(20)12(9-17(2)3)18(4)15(19)21/h6-9H,5H2,1-4H3/b12-9-. The summed E-state index contributed by atoms with van der Waals surface area (Å²) in [5.41, 5.74) is 0.736. The first kappa shape index (κ1) is 16.2. The van der Waals surface area contributed by atoms with E-state index >= 15 is 0 Å². The second-order valence-corrected chi connectivity index (χ2v) is 5.42. The number of hydrogen-bond donors (Lipinski definition) is 0. The van der Waals surface area contributed by atoms with Crippen LogP contribution in [0.1, 0.15) is 6.92 Å². The number of amides is 3. The zero-order valence-electron chi connectivity index (χ0n) is 13.0.